The molecule has 0 saturated heterocycles. The van der Waals surface area contributed by atoms with Crippen LogP contribution in [0, 0.1) is 11.3 Å². The molecular weight excluding hydrogens is 270 g/mol. The van der Waals surface area contributed by atoms with Gasteiger partial charge in [0.05, 0.1) is 23.7 Å². The van der Waals surface area contributed by atoms with Gasteiger partial charge in [-0.2, -0.15) is 0 Å². The average Bonchev–Trinajstić information content (AvgIpc) is 2.41. The second-order valence-corrected chi connectivity index (χ2v) is 6.26. The molecule has 0 aliphatic heterocycles. The van der Waals surface area contributed by atoms with Crippen molar-refractivity contribution in [3.8, 4) is 0 Å². The zero-order valence-corrected chi connectivity index (χ0v) is 12.7. The fourth-order valence-corrected chi connectivity index (χ4v) is 2.05. The van der Waals surface area contributed by atoms with Gasteiger partial charge in [-0.3, -0.25) is 9.78 Å². The van der Waals surface area contributed by atoms with Crippen molar-refractivity contribution < 1.29 is 14.7 Å². The molecule has 6 nitrogen and oxygen atoms in total. The SMILES string of the molecule is CC(C)(C)CC(CN)C(=O)NCc1cc(C(=O)O)ccn1. The highest BCUT2D eigenvalue weighted by Crippen LogP contribution is 2.24. The minimum atomic E-state index is -1.02. The maximum absolute atomic E-state index is 12.1. The van der Waals surface area contributed by atoms with Crippen LogP contribution in [0.25, 0.3) is 0 Å². The Bertz CT molecular complexity index is 509. The molecule has 1 unspecified atom stereocenters. The molecule has 1 rings (SSSR count). The number of rotatable bonds is 6. The zero-order chi connectivity index (χ0) is 16.0. The van der Waals surface area contributed by atoms with Crippen LogP contribution >= 0.6 is 0 Å². The van der Waals surface area contributed by atoms with Crippen LogP contribution in [0.15, 0.2) is 18.3 Å². The van der Waals surface area contributed by atoms with Crippen molar-refractivity contribution in [1.29, 1.82) is 0 Å². The number of amides is 1. The van der Waals surface area contributed by atoms with Crippen molar-refractivity contribution >= 4 is 11.9 Å². The van der Waals surface area contributed by atoms with E-state index in [4.69, 9.17) is 10.8 Å². The van der Waals surface area contributed by atoms with Gasteiger partial charge in [-0.15, -0.1) is 0 Å². The van der Waals surface area contributed by atoms with Gasteiger partial charge in [0.25, 0.3) is 0 Å². The predicted molar refractivity (Wildman–Crippen MR) is 79.7 cm³/mol. The van der Waals surface area contributed by atoms with Crippen molar-refractivity contribution in [2.24, 2.45) is 17.1 Å². The lowest BCUT2D eigenvalue weighted by Crippen LogP contribution is -2.37. The summed E-state index contributed by atoms with van der Waals surface area (Å²) < 4.78 is 0. The number of carboxylic acids is 1. The number of nitrogens with zero attached hydrogens (tertiary/aromatic N) is 1. The van der Waals surface area contributed by atoms with Crippen LogP contribution in [0.4, 0.5) is 0 Å². The zero-order valence-electron chi connectivity index (χ0n) is 12.7. The number of carbonyl (C=O) groups excluding carboxylic acids is 1. The number of nitrogens with two attached hydrogens (primary N) is 1. The monoisotopic (exact) mass is 293 g/mol. The number of hydrogen-bond acceptors (Lipinski definition) is 4. The first-order chi connectivity index (χ1) is 9.73. The topological polar surface area (TPSA) is 105 Å². The van der Waals surface area contributed by atoms with Gasteiger partial charge in [-0.1, -0.05) is 20.8 Å². The summed E-state index contributed by atoms with van der Waals surface area (Å²) in [6.45, 7) is 6.65. The van der Waals surface area contributed by atoms with Gasteiger partial charge in [0.15, 0.2) is 0 Å². The van der Waals surface area contributed by atoms with Gasteiger partial charge in [0, 0.05) is 12.7 Å². The van der Waals surface area contributed by atoms with E-state index in [1.165, 1.54) is 18.3 Å². The molecule has 0 aliphatic rings. The molecule has 1 atom stereocenters. The number of carboxylic acid groups (broad SMARTS) is 1. The van der Waals surface area contributed by atoms with E-state index in [1.54, 1.807) is 0 Å². The Balaban J connectivity index is 2.63. The van der Waals surface area contributed by atoms with E-state index < -0.39 is 5.97 Å². The molecule has 0 radical (unpaired) electrons. The first kappa shape index (κ1) is 17.1. The average molecular weight is 293 g/mol. The molecule has 0 spiro atoms. The van der Waals surface area contributed by atoms with Crippen LogP contribution in [0.2, 0.25) is 0 Å². The van der Waals surface area contributed by atoms with Crippen LogP contribution in [0.1, 0.15) is 43.2 Å². The predicted octanol–water partition coefficient (Wildman–Crippen LogP) is 1.41. The first-order valence-corrected chi connectivity index (χ1v) is 6.89. The molecule has 4 N–H and O–H groups in total. The largest absolute Gasteiger partial charge is 0.478 e. The number of pyridine rings is 1. The van der Waals surface area contributed by atoms with E-state index in [0.29, 0.717) is 12.1 Å². The molecule has 0 aliphatic carbocycles. The summed E-state index contributed by atoms with van der Waals surface area (Å²) in [4.78, 5) is 27.0. The molecule has 0 aromatic carbocycles. The lowest BCUT2D eigenvalue weighted by Gasteiger charge is -2.24. The van der Waals surface area contributed by atoms with Crippen molar-refractivity contribution in [2.75, 3.05) is 6.54 Å². The molecule has 6 heteroatoms. The van der Waals surface area contributed by atoms with Gasteiger partial charge in [-0.25, -0.2) is 4.79 Å². The van der Waals surface area contributed by atoms with Gasteiger partial charge in [-0.05, 0) is 24.0 Å². The van der Waals surface area contributed by atoms with Crippen LogP contribution in [0.5, 0.6) is 0 Å². The normalized spacial score (nSPS) is 12.8. The molecule has 1 heterocycles. The molecule has 116 valence electrons. The molecule has 1 aromatic heterocycles. The van der Waals surface area contributed by atoms with E-state index in [1.807, 2.05) is 0 Å². The van der Waals surface area contributed by atoms with E-state index in [9.17, 15) is 9.59 Å². The molecule has 0 fully saturated rings. The number of aromatic carboxylic acids is 1. The molecule has 0 bridgehead atoms. The van der Waals surface area contributed by atoms with Crippen molar-refractivity contribution in [2.45, 2.75) is 33.7 Å². The summed E-state index contributed by atoms with van der Waals surface area (Å²) in [6.07, 6.45) is 2.11. The van der Waals surface area contributed by atoms with Gasteiger partial charge >= 0.3 is 5.97 Å². The van der Waals surface area contributed by atoms with Crippen LogP contribution in [-0.4, -0.2) is 28.5 Å². The number of hydrogen-bond donors (Lipinski definition) is 3. The quantitative estimate of drug-likeness (QED) is 0.735. The van der Waals surface area contributed by atoms with Crippen molar-refractivity contribution in [3.05, 3.63) is 29.6 Å². The summed E-state index contributed by atoms with van der Waals surface area (Å²) in [5.41, 5.74) is 6.34. The van der Waals surface area contributed by atoms with Gasteiger partial charge < -0.3 is 16.2 Å². The Morgan fingerprint density at radius 1 is 1.43 bits per heavy atom. The summed E-state index contributed by atoms with van der Waals surface area (Å²) in [5, 5.41) is 11.7. The highest BCUT2D eigenvalue weighted by Gasteiger charge is 2.23. The van der Waals surface area contributed by atoms with E-state index in [2.05, 4.69) is 31.1 Å². The van der Waals surface area contributed by atoms with E-state index in [-0.39, 0.29) is 35.9 Å². The molecule has 21 heavy (non-hydrogen) atoms. The van der Waals surface area contributed by atoms with Crippen LogP contribution < -0.4 is 11.1 Å². The fraction of sp³-hybridized carbons (Fsp3) is 0.533. The van der Waals surface area contributed by atoms with Crippen LogP contribution in [0.3, 0.4) is 0 Å². The number of carbonyl (C=O) groups is 2. The van der Waals surface area contributed by atoms with Gasteiger partial charge in [0.2, 0.25) is 5.91 Å². The Hall–Kier alpha value is -1.95. The molecule has 1 amide bonds. The Morgan fingerprint density at radius 2 is 2.10 bits per heavy atom. The second kappa shape index (κ2) is 7.17. The molecule has 1 aromatic rings. The fourth-order valence-electron chi connectivity index (χ4n) is 2.05. The summed E-state index contributed by atoms with van der Waals surface area (Å²) in [7, 11) is 0. The van der Waals surface area contributed by atoms with E-state index in [0.717, 1.165) is 0 Å². The summed E-state index contributed by atoms with van der Waals surface area (Å²) >= 11 is 0. The molecular formula is C15H23N3O3. The Kier molecular flexibility index (Phi) is 5.84. The number of aromatic nitrogens is 1. The van der Waals surface area contributed by atoms with E-state index >= 15 is 0 Å². The number of nitrogens with one attached hydrogen (secondary N) is 1. The third-order valence-corrected chi connectivity index (χ3v) is 3.02. The minimum absolute atomic E-state index is 0.0167. The lowest BCUT2D eigenvalue weighted by atomic mass is 9.84. The van der Waals surface area contributed by atoms with Crippen molar-refractivity contribution in [3.63, 3.8) is 0 Å². The highest BCUT2D eigenvalue weighted by molar-refractivity contribution is 5.87. The van der Waals surface area contributed by atoms with Crippen LogP contribution in [-0.2, 0) is 11.3 Å². The Labute approximate surface area is 124 Å². The standard InChI is InChI=1S/C15H23N3O3/c1-15(2,3)7-11(8-16)13(19)18-9-12-6-10(14(20)21)4-5-17-12/h4-6,11H,7-9,16H2,1-3H3,(H,18,19)(H,20,21). The third kappa shape index (κ3) is 5.91. The highest BCUT2D eigenvalue weighted by atomic mass is 16.4. The third-order valence-electron chi connectivity index (χ3n) is 3.02. The maximum Gasteiger partial charge on any atom is 0.335 e. The van der Waals surface area contributed by atoms with Crippen molar-refractivity contribution in [1.82, 2.24) is 10.3 Å². The summed E-state index contributed by atoms with van der Waals surface area (Å²) in [5.74, 6) is -1.40. The second-order valence-electron chi connectivity index (χ2n) is 6.26. The first-order valence-electron chi connectivity index (χ1n) is 6.89. The Morgan fingerprint density at radius 3 is 2.62 bits per heavy atom. The summed E-state index contributed by atoms with van der Waals surface area (Å²) in [6, 6.07) is 2.86. The molecule has 0 saturated carbocycles. The van der Waals surface area contributed by atoms with Gasteiger partial charge in [0.1, 0.15) is 0 Å². The maximum atomic E-state index is 12.1. The lowest BCUT2D eigenvalue weighted by molar-refractivity contribution is -0.125. The minimum Gasteiger partial charge on any atom is -0.478 e. The smallest absolute Gasteiger partial charge is 0.335 e.